The molecular formula is C9H14IN3. The number of anilines is 1. The van der Waals surface area contributed by atoms with E-state index in [2.05, 4.69) is 44.8 Å². The van der Waals surface area contributed by atoms with Crippen molar-refractivity contribution in [2.45, 2.75) is 26.2 Å². The molecule has 0 unspecified atom stereocenters. The van der Waals surface area contributed by atoms with Gasteiger partial charge in [-0.25, -0.2) is 9.97 Å². The summed E-state index contributed by atoms with van der Waals surface area (Å²) in [5.41, 5.74) is 0. The molecule has 1 rings (SSSR count). The van der Waals surface area contributed by atoms with Gasteiger partial charge >= 0.3 is 0 Å². The lowest BCUT2D eigenvalue weighted by Crippen LogP contribution is -2.04. The molecule has 0 spiro atoms. The predicted molar refractivity (Wildman–Crippen MR) is 62.8 cm³/mol. The summed E-state index contributed by atoms with van der Waals surface area (Å²) in [5.74, 6) is 0.733. The SMILES string of the molecule is CCCCCNc1ncc(I)cn1. The molecule has 0 aliphatic carbocycles. The molecule has 3 nitrogen and oxygen atoms in total. The number of nitrogens with zero attached hydrogens (tertiary/aromatic N) is 2. The van der Waals surface area contributed by atoms with Crippen LogP contribution in [0.25, 0.3) is 0 Å². The molecule has 0 radical (unpaired) electrons. The molecule has 0 saturated carbocycles. The summed E-state index contributed by atoms with van der Waals surface area (Å²) in [6, 6.07) is 0. The zero-order valence-corrected chi connectivity index (χ0v) is 9.91. The number of unbranched alkanes of at least 4 members (excludes halogenated alkanes) is 2. The van der Waals surface area contributed by atoms with Gasteiger partial charge in [-0.2, -0.15) is 0 Å². The van der Waals surface area contributed by atoms with E-state index < -0.39 is 0 Å². The second kappa shape index (κ2) is 6.12. The Hall–Kier alpha value is -0.390. The second-order valence-electron chi connectivity index (χ2n) is 2.86. The van der Waals surface area contributed by atoms with Gasteiger partial charge in [-0.15, -0.1) is 0 Å². The first-order chi connectivity index (χ1) is 6.33. The Kier molecular flexibility index (Phi) is 5.03. The largest absolute Gasteiger partial charge is 0.354 e. The van der Waals surface area contributed by atoms with E-state index in [-0.39, 0.29) is 0 Å². The van der Waals surface area contributed by atoms with Crippen molar-refractivity contribution in [3.63, 3.8) is 0 Å². The molecular weight excluding hydrogens is 277 g/mol. The highest BCUT2D eigenvalue weighted by atomic mass is 127. The quantitative estimate of drug-likeness (QED) is 0.669. The molecule has 1 aromatic heterocycles. The zero-order valence-electron chi connectivity index (χ0n) is 7.76. The minimum Gasteiger partial charge on any atom is -0.354 e. The van der Waals surface area contributed by atoms with Gasteiger partial charge in [0.1, 0.15) is 0 Å². The Morgan fingerprint density at radius 2 is 2.00 bits per heavy atom. The molecule has 0 fully saturated rings. The summed E-state index contributed by atoms with van der Waals surface area (Å²) in [5, 5.41) is 3.18. The maximum absolute atomic E-state index is 4.15. The molecule has 0 amide bonds. The van der Waals surface area contributed by atoms with Crippen LogP contribution in [0.3, 0.4) is 0 Å². The smallest absolute Gasteiger partial charge is 0.222 e. The predicted octanol–water partition coefficient (Wildman–Crippen LogP) is 2.68. The molecule has 1 N–H and O–H groups in total. The summed E-state index contributed by atoms with van der Waals surface area (Å²) in [6.45, 7) is 3.16. The van der Waals surface area contributed by atoms with Crippen molar-refractivity contribution < 1.29 is 0 Å². The van der Waals surface area contributed by atoms with Crippen molar-refractivity contribution >= 4 is 28.5 Å². The highest BCUT2D eigenvalue weighted by molar-refractivity contribution is 14.1. The average molecular weight is 291 g/mol. The van der Waals surface area contributed by atoms with Crippen LogP contribution in [0.5, 0.6) is 0 Å². The summed E-state index contributed by atoms with van der Waals surface area (Å²) < 4.78 is 1.07. The lowest BCUT2D eigenvalue weighted by Gasteiger charge is -2.02. The first-order valence-corrected chi connectivity index (χ1v) is 5.62. The number of hydrogen-bond donors (Lipinski definition) is 1. The van der Waals surface area contributed by atoms with Gasteiger partial charge in [0.2, 0.25) is 5.95 Å². The van der Waals surface area contributed by atoms with Crippen LogP contribution in [0.1, 0.15) is 26.2 Å². The third-order valence-corrected chi connectivity index (χ3v) is 2.24. The third-order valence-electron chi connectivity index (χ3n) is 1.68. The van der Waals surface area contributed by atoms with Gasteiger partial charge < -0.3 is 5.32 Å². The molecule has 0 saturated heterocycles. The van der Waals surface area contributed by atoms with E-state index in [1.807, 2.05) is 12.4 Å². The monoisotopic (exact) mass is 291 g/mol. The number of rotatable bonds is 5. The van der Waals surface area contributed by atoms with E-state index in [1.54, 1.807) is 0 Å². The van der Waals surface area contributed by atoms with Gasteiger partial charge in [0, 0.05) is 22.5 Å². The van der Waals surface area contributed by atoms with Crippen molar-refractivity contribution in [1.29, 1.82) is 0 Å². The van der Waals surface area contributed by atoms with Crippen LogP contribution in [0.15, 0.2) is 12.4 Å². The first kappa shape index (κ1) is 10.7. The molecule has 72 valence electrons. The normalized spacial score (nSPS) is 10.0. The lowest BCUT2D eigenvalue weighted by atomic mass is 10.2. The summed E-state index contributed by atoms with van der Waals surface area (Å²) in [7, 11) is 0. The zero-order chi connectivity index (χ0) is 9.52. The maximum atomic E-state index is 4.15. The Morgan fingerprint density at radius 1 is 1.31 bits per heavy atom. The van der Waals surface area contributed by atoms with Crippen molar-refractivity contribution in [1.82, 2.24) is 9.97 Å². The van der Waals surface area contributed by atoms with E-state index in [1.165, 1.54) is 19.3 Å². The standard InChI is InChI=1S/C9H14IN3/c1-2-3-4-5-11-9-12-6-8(10)7-13-9/h6-7H,2-5H2,1H3,(H,11,12,13). The van der Waals surface area contributed by atoms with Crippen LogP contribution < -0.4 is 5.32 Å². The van der Waals surface area contributed by atoms with E-state index in [9.17, 15) is 0 Å². The Labute approximate surface area is 92.5 Å². The van der Waals surface area contributed by atoms with Gasteiger partial charge in [-0.3, -0.25) is 0 Å². The molecule has 0 aliphatic heterocycles. The fourth-order valence-corrected chi connectivity index (χ4v) is 1.26. The molecule has 13 heavy (non-hydrogen) atoms. The molecule has 0 atom stereocenters. The van der Waals surface area contributed by atoms with Crippen LogP contribution >= 0.6 is 22.6 Å². The molecule has 0 aliphatic rings. The van der Waals surface area contributed by atoms with Crippen LogP contribution in [0.4, 0.5) is 5.95 Å². The highest BCUT2D eigenvalue weighted by Crippen LogP contribution is 2.03. The average Bonchev–Trinajstić information content (AvgIpc) is 2.15. The summed E-state index contributed by atoms with van der Waals surface area (Å²) >= 11 is 2.19. The Morgan fingerprint density at radius 3 is 2.62 bits per heavy atom. The van der Waals surface area contributed by atoms with Gasteiger partial charge in [-0.05, 0) is 29.0 Å². The van der Waals surface area contributed by atoms with Gasteiger partial charge in [0.25, 0.3) is 0 Å². The van der Waals surface area contributed by atoms with Crippen LogP contribution in [-0.2, 0) is 0 Å². The third kappa shape index (κ3) is 4.40. The molecule has 0 aromatic carbocycles. The number of nitrogens with one attached hydrogen (secondary N) is 1. The maximum Gasteiger partial charge on any atom is 0.222 e. The minimum absolute atomic E-state index is 0.733. The van der Waals surface area contributed by atoms with E-state index in [0.717, 1.165) is 16.1 Å². The summed E-state index contributed by atoms with van der Waals surface area (Å²) in [6.07, 6.45) is 7.32. The first-order valence-electron chi connectivity index (χ1n) is 4.54. The van der Waals surface area contributed by atoms with E-state index in [4.69, 9.17) is 0 Å². The highest BCUT2D eigenvalue weighted by Gasteiger charge is 1.93. The summed E-state index contributed by atoms with van der Waals surface area (Å²) in [4.78, 5) is 8.29. The fourth-order valence-electron chi connectivity index (χ4n) is 0.979. The molecule has 1 aromatic rings. The Balaban J connectivity index is 2.25. The van der Waals surface area contributed by atoms with Crippen LogP contribution in [-0.4, -0.2) is 16.5 Å². The molecule has 0 bridgehead atoms. The van der Waals surface area contributed by atoms with Crippen LogP contribution in [0.2, 0.25) is 0 Å². The van der Waals surface area contributed by atoms with E-state index in [0.29, 0.717) is 0 Å². The number of aromatic nitrogens is 2. The van der Waals surface area contributed by atoms with Crippen LogP contribution in [0, 0.1) is 3.57 Å². The molecule has 4 heteroatoms. The second-order valence-corrected chi connectivity index (χ2v) is 4.10. The Bertz CT molecular complexity index is 235. The van der Waals surface area contributed by atoms with Crippen molar-refractivity contribution in [3.8, 4) is 0 Å². The molecule has 1 heterocycles. The lowest BCUT2D eigenvalue weighted by molar-refractivity contribution is 0.740. The van der Waals surface area contributed by atoms with Crippen molar-refractivity contribution in [2.24, 2.45) is 0 Å². The van der Waals surface area contributed by atoms with Gasteiger partial charge in [0.05, 0.1) is 0 Å². The van der Waals surface area contributed by atoms with Crippen molar-refractivity contribution in [2.75, 3.05) is 11.9 Å². The van der Waals surface area contributed by atoms with E-state index >= 15 is 0 Å². The minimum atomic E-state index is 0.733. The van der Waals surface area contributed by atoms with Gasteiger partial charge in [-0.1, -0.05) is 19.8 Å². The topological polar surface area (TPSA) is 37.8 Å². The fraction of sp³-hybridized carbons (Fsp3) is 0.556. The number of halogens is 1. The number of hydrogen-bond acceptors (Lipinski definition) is 3. The van der Waals surface area contributed by atoms with Gasteiger partial charge in [0.15, 0.2) is 0 Å². The van der Waals surface area contributed by atoms with Crippen molar-refractivity contribution in [3.05, 3.63) is 16.0 Å².